The van der Waals surface area contributed by atoms with Crippen LogP contribution in [0.3, 0.4) is 0 Å². The summed E-state index contributed by atoms with van der Waals surface area (Å²) >= 11 is 0. The van der Waals surface area contributed by atoms with Crippen LogP contribution in [-0.2, 0) is 4.74 Å². The molecule has 1 N–H and O–H groups in total. The average molecular weight is 241 g/mol. The van der Waals surface area contributed by atoms with Gasteiger partial charge in [-0.15, -0.1) is 0 Å². The predicted molar refractivity (Wildman–Crippen MR) is 74.3 cm³/mol. The maximum Gasteiger partial charge on any atom is 0.0594 e. The van der Waals surface area contributed by atoms with Gasteiger partial charge in [0, 0.05) is 12.6 Å². The zero-order valence-corrected chi connectivity index (χ0v) is 12.2. The van der Waals surface area contributed by atoms with Crippen LogP contribution in [-0.4, -0.2) is 25.3 Å². The van der Waals surface area contributed by atoms with Crippen molar-refractivity contribution in [2.24, 2.45) is 11.8 Å². The molecule has 102 valence electrons. The zero-order valence-electron chi connectivity index (χ0n) is 12.2. The fourth-order valence-corrected chi connectivity index (χ4v) is 2.72. The highest BCUT2D eigenvalue weighted by Gasteiger charge is 2.24. The summed E-state index contributed by atoms with van der Waals surface area (Å²) in [4.78, 5) is 0. The van der Waals surface area contributed by atoms with E-state index in [1.54, 1.807) is 0 Å². The highest BCUT2D eigenvalue weighted by molar-refractivity contribution is 4.75. The van der Waals surface area contributed by atoms with Crippen LogP contribution in [0.5, 0.6) is 0 Å². The fourth-order valence-electron chi connectivity index (χ4n) is 2.72. The van der Waals surface area contributed by atoms with E-state index in [9.17, 15) is 0 Å². The summed E-state index contributed by atoms with van der Waals surface area (Å²) in [6.07, 6.45) is 6.89. The molecule has 0 aromatic heterocycles. The van der Waals surface area contributed by atoms with Crippen LogP contribution in [0, 0.1) is 11.8 Å². The highest BCUT2D eigenvalue weighted by atomic mass is 16.5. The summed E-state index contributed by atoms with van der Waals surface area (Å²) in [5.41, 5.74) is 0. The second-order valence-corrected chi connectivity index (χ2v) is 5.90. The molecule has 0 aromatic carbocycles. The first-order valence-electron chi connectivity index (χ1n) is 7.48. The standard InChI is InChI=1S/C15H31NO/c1-5-6-14(4)16-9-10-17-15-8-7-12(2)13(3)11-15/h12-16H,5-11H2,1-4H3. The van der Waals surface area contributed by atoms with Gasteiger partial charge in [-0.3, -0.25) is 0 Å². The normalized spacial score (nSPS) is 31.4. The Morgan fingerprint density at radius 3 is 2.65 bits per heavy atom. The van der Waals surface area contributed by atoms with Crippen molar-refractivity contribution < 1.29 is 4.74 Å². The molecule has 0 radical (unpaired) electrons. The molecule has 0 spiro atoms. The summed E-state index contributed by atoms with van der Waals surface area (Å²) in [6, 6.07) is 0.633. The molecule has 0 heterocycles. The molecule has 4 atom stereocenters. The van der Waals surface area contributed by atoms with E-state index in [4.69, 9.17) is 4.74 Å². The van der Waals surface area contributed by atoms with Gasteiger partial charge in [0.25, 0.3) is 0 Å². The molecular formula is C15H31NO. The number of hydrogen-bond acceptors (Lipinski definition) is 2. The van der Waals surface area contributed by atoms with Gasteiger partial charge in [0.05, 0.1) is 12.7 Å². The lowest BCUT2D eigenvalue weighted by Gasteiger charge is -2.32. The lowest BCUT2D eigenvalue weighted by molar-refractivity contribution is 0.00368. The van der Waals surface area contributed by atoms with Crippen molar-refractivity contribution >= 4 is 0 Å². The second-order valence-electron chi connectivity index (χ2n) is 5.90. The minimum atomic E-state index is 0.518. The van der Waals surface area contributed by atoms with E-state index in [-0.39, 0.29) is 0 Å². The first-order valence-corrected chi connectivity index (χ1v) is 7.48. The van der Waals surface area contributed by atoms with E-state index in [0.29, 0.717) is 12.1 Å². The van der Waals surface area contributed by atoms with E-state index in [2.05, 4.69) is 33.0 Å². The minimum absolute atomic E-state index is 0.518. The lowest BCUT2D eigenvalue weighted by Crippen LogP contribution is -2.32. The predicted octanol–water partition coefficient (Wildman–Crippen LogP) is 3.61. The van der Waals surface area contributed by atoms with Crippen LogP contribution in [0.2, 0.25) is 0 Å². The summed E-state index contributed by atoms with van der Waals surface area (Å²) in [5, 5.41) is 3.52. The number of rotatable bonds is 7. The van der Waals surface area contributed by atoms with Gasteiger partial charge in [0.2, 0.25) is 0 Å². The SMILES string of the molecule is CCCC(C)NCCOC1CCC(C)C(C)C1. The monoisotopic (exact) mass is 241 g/mol. The van der Waals surface area contributed by atoms with Gasteiger partial charge in [-0.25, -0.2) is 0 Å². The van der Waals surface area contributed by atoms with Gasteiger partial charge in [-0.05, 0) is 44.4 Å². The van der Waals surface area contributed by atoms with Crippen LogP contribution in [0.1, 0.15) is 59.8 Å². The molecular weight excluding hydrogens is 210 g/mol. The molecule has 17 heavy (non-hydrogen) atoms. The third-order valence-electron chi connectivity index (χ3n) is 4.22. The Morgan fingerprint density at radius 2 is 2.00 bits per heavy atom. The van der Waals surface area contributed by atoms with Crippen LogP contribution >= 0.6 is 0 Å². The lowest BCUT2D eigenvalue weighted by atomic mass is 9.80. The van der Waals surface area contributed by atoms with Crippen molar-refractivity contribution in [1.82, 2.24) is 5.32 Å². The molecule has 1 rings (SSSR count). The molecule has 1 aliphatic carbocycles. The number of nitrogens with one attached hydrogen (secondary N) is 1. The van der Waals surface area contributed by atoms with E-state index in [1.165, 1.54) is 32.1 Å². The summed E-state index contributed by atoms with van der Waals surface area (Å²) in [7, 11) is 0. The van der Waals surface area contributed by atoms with E-state index >= 15 is 0 Å². The van der Waals surface area contributed by atoms with Crippen molar-refractivity contribution in [3.8, 4) is 0 Å². The Morgan fingerprint density at radius 1 is 1.24 bits per heavy atom. The summed E-state index contributed by atoms with van der Waals surface area (Å²) in [5.74, 6) is 1.72. The van der Waals surface area contributed by atoms with Gasteiger partial charge in [0.15, 0.2) is 0 Å². The first kappa shape index (κ1) is 15.0. The fraction of sp³-hybridized carbons (Fsp3) is 1.00. The van der Waals surface area contributed by atoms with Crippen molar-refractivity contribution in [2.75, 3.05) is 13.2 Å². The van der Waals surface area contributed by atoms with Crippen LogP contribution in [0.4, 0.5) is 0 Å². The first-order chi connectivity index (χ1) is 8.13. The Hall–Kier alpha value is -0.0800. The van der Waals surface area contributed by atoms with Crippen molar-refractivity contribution in [3.05, 3.63) is 0 Å². The van der Waals surface area contributed by atoms with Crippen molar-refractivity contribution in [1.29, 1.82) is 0 Å². The number of ether oxygens (including phenoxy) is 1. The second kappa shape index (κ2) is 8.10. The number of hydrogen-bond donors (Lipinski definition) is 1. The molecule has 4 unspecified atom stereocenters. The van der Waals surface area contributed by atoms with Crippen LogP contribution in [0.25, 0.3) is 0 Å². The van der Waals surface area contributed by atoms with Crippen molar-refractivity contribution in [2.45, 2.75) is 71.9 Å². The quantitative estimate of drug-likeness (QED) is 0.688. The van der Waals surface area contributed by atoms with Crippen LogP contribution in [0.15, 0.2) is 0 Å². The van der Waals surface area contributed by atoms with Gasteiger partial charge in [0.1, 0.15) is 0 Å². The molecule has 1 aliphatic rings. The third-order valence-corrected chi connectivity index (χ3v) is 4.22. The van der Waals surface area contributed by atoms with E-state index in [1.807, 2.05) is 0 Å². The zero-order chi connectivity index (χ0) is 12.7. The van der Waals surface area contributed by atoms with E-state index in [0.717, 1.165) is 25.0 Å². The molecule has 0 amide bonds. The largest absolute Gasteiger partial charge is 0.377 e. The molecule has 1 saturated carbocycles. The highest BCUT2D eigenvalue weighted by Crippen LogP contribution is 2.30. The molecule has 0 bridgehead atoms. The Labute approximate surface area is 108 Å². The van der Waals surface area contributed by atoms with Gasteiger partial charge >= 0.3 is 0 Å². The third kappa shape index (κ3) is 5.87. The molecule has 0 aliphatic heterocycles. The maximum atomic E-state index is 5.97. The van der Waals surface area contributed by atoms with Gasteiger partial charge in [-0.1, -0.05) is 27.2 Å². The van der Waals surface area contributed by atoms with E-state index < -0.39 is 0 Å². The molecule has 2 nitrogen and oxygen atoms in total. The van der Waals surface area contributed by atoms with Crippen molar-refractivity contribution in [3.63, 3.8) is 0 Å². The topological polar surface area (TPSA) is 21.3 Å². The Balaban J connectivity index is 2.03. The summed E-state index contributed by atoms with van der Waals surface area (Å²) < 4.78 is 5.97. The smallest absolute Gasteiger partial charge is 0.0594 e. The van der Waals surface area contributed by atoms with Gasteiger partial charge < -0.3 is 10.1 Å². The van der Waals surface area contributed by atoms with Crippen LogP contribution < -0.4 is 5.32 Å². The molecule has 1 fully saturated rings. The minimum Gasteiger partial charge on any atom is -0.377 e. The molecule has 0 saturated heterocycles. The molecule has 0 aromatic rings. The maximum absolute atomic E-state index is 5.97. The van der Waals surface area contributed by atoms with Gasteiger partial charge in [-0.2, -0.15) is 0 Å². The average Bonchev–Trinajstić information content (AvgIpc) is 2.29. The summed E-state index contributed by atoms with van der Waals surface area (Å²) in [6.45, 7) is 11.1. The molecule has 2 heteroatoms. The Bertz CT molecular complexity index is 195. The Kier molecular flexibility index (Phi) is 7.14.